The molecule has 0 aromatic heterocycles. The van der Waals surface area contributed by atoms with Gasteiger partial charge in [0.15, 0.2) is 11.5 Å². The van der Waals surface area contributed by atoms with Gasteiger partial charge in [0.1, 0.15) is 0 Å². The summed E-state index contributed by atoms with van der Waals surface area (Å²) in [4.78, 5) is 12.7. The lowest BCUT2D eigenvalue weighted by molar-refractivity contribution is 0.102. The summed E-state index contributed by atoms with van der Waals surface area (Å²) < 4.78 is 38.6. The number of hydrogen-bond donors (Lipinski definition) is 2. The molecule has 0 atom stereocenters. The Balaban J connectivity index is 2.23. The molecule has 1 amide bonds. The Morgan fingerprint density at radius 2 is 1.72 bits per heavy atom. The molecule has 8 heteroatoms. The van der Waals surface area contributed by atoms with Gasteiger partial charge >= 0.3 is 0 Å². The molecular weight excluding hydrogens is 392 g/mol. The highest BCUT2D eigenvalue weighted by atomic mass is 32.2. The molecule has 2 N–H and O–H groups in total. The fourth-order valence-electron chi connectivity index (χ4n) is 2.57. The van der Waals surface area contributed by atoms with Crippen LogP contribution in [0, 0.1) is 0 Å². The maximum absolute atomic E-state index is 12.6. The van der Waals surface area contributed by atoms with E-state index < -0.39 is 21.5 Å². The first-order valence-corrected chi connectivity index (χ1v) is 10.7. The van der Waals surface area contributed by atoms with Crippen molar-refractivity contribution >= 4 is 21.6 Å². The Hall–Kier alpha value is -2.58. The van der Waals surface area contributed by atoms with Crippen molar-refractivity contribution < 1.29 is 22.7 Å². The normalized spacial score (nSPS) is 12.0. The van der Waals surface area contributed by atoms with Crippen LogP contribution < -0.4 is 19.5 Å². The summed E-state index contributed by atoms with van der Waals surface area (Å²) in [5, 5.41) is 2.72. The minimum atomic E-state index is -3.71. The monoisotopic (exact) mass is 420 g/mol. The van der Waals surface area contributed by atoms with Gasteiger partial charge in [-0.25, -0.2) is 13.1 Å². The molecule has 0 aliphatic carbocycles. The third kappa shape index (κ3) is 6.47. The van der Waals surface area contributed by atoms with E-state index in [4.69, 9.17) is 9.47 Å². The first-order valence-electron chi connectivity index (χ1n) is 9.21. The van der Waals surface area contributed by atoms with Gasteiger partial charge in [0.25, 0.3) is 5.91 Å². The van der Waals surface area contributed by atoms with Gasteiger partial charge in [0.2, 0.25) is 10.0 Å². The van der Waals surface area contributed by atoms with Crippen molar-refractivity contribution in [1.29, 1.82) is 0 Å². The molecule has 158 valence electrons. The van der Waals surface area contributed by atoms with Crippen molar-refractivity contribution in [1.82, 2.24) is 4.72 Å². The van der Waals surface area contributed by atoms with Crippen molar-refractivity contribution in [3.8, 4) is 11.5 Å². The minimum Gasteiger partial charge on any atom is -0.493 e. The quantitative estimate of drug-likeness (QED) is 0.710. The molecule has 0 radical (unpaired) electrons. The minimum absolute atomic E-state index is 0.0324. The van der Waals surface area contributed by atoms with Gasteiger partial charge in [-0.2, -0.15) is 0 Å². The van der Waals surface area contributed by atoms with Gasteiger partial charge in [0, 0.05) is 16.8 Å². The first kappa shape index (κ1) is 22.7. The average Bonchev–Trinajstić information content (AvgIpc) is 2.59. The SMILES string of the molecule is COc1cc(C(=O)Nc2cccc(S(=O)(=O)NC(C)(C)C)c2)ccc1OC(C)C. The Bertz CT molecular complexity index is 979. The summed E-state index contributed by atoms with van der Waals surface area (Å²) in [7, 11) is -2.21. The van der Waals surface area contributed by atoms with Gasteiger partial charge in [0.05, 0.1) is 18.1 Å². The van der Waals surface area contributed by atoms with Gasteiger partial charge in [-0.3, -0.25) is 4.79 Å². The van der Waals surface area contributed by atoms with E-state index in [2.05, 4.69) is 10.0 Å². The fourth-order valence-corrected chi connectivity index (χ4v) is 4.03. The van der Waals surface area contributed by atoms with Crippen LogP contribution in [0.2, 0.25) is 0 Å². The summed E-state index contributed by atoms with van der Waals surface area (Å²) in [6.45, 7) is 9.08. The van der Waals surface area contributed by atoms with Crippen molar-refractivity contribution in [2.24, 2.45) is 0 Å². The van der Waals surface area contributed by atoms with Crippen LogP contribution in [0.15, 0.2) is 47.4 Å². The van der Waals surface area contributed by atoms with E-state index in [0.29, 0.717) is 22.7 Å². The molecule has 0 spiro atoms. The molecule has 2 rings (SSSR count). The Labute approximate surface area is 172 Å². The van der Waals surface area contributed by atoms with E-state index in [0.717, 1.165) is 0 Å². The van der Waals surface area contributed by atoms with Crippen molar-refractivity contribution in [2.75, 3.05) is 12.4 Å². The molecule has 0 fully saturated rings. The molecule has 0 aliphatic heterocycles. The molecule has 29 heavy (non-hydrogen) atoms. The number of hydrogen-bond acceptors (Lipinski definition) is 5. The van der Waals surface area contributed by atoms with Crippen molar-refractivity contribution in [3.05, 3.63) is 48.0 Å². The van der Waals surface area contributed by atoms with Crippen LogP contribution >= 0.6 is 0 Å². The van der Waals surface area contributed by atoms with E-state index in [1.807, 2.05) is 13.8 Å². The predicted octanol–water partition coefficient (Wildman–Crippen LogP) is 3.81. The van der Waals surface area contributed by atoms with Crippen LogP contribution in [-0.2, 0) is 10.0 Å². The molecule has 2 aromatic carbocycles. The number of anilines is 1. The smallest absolute Gasteiger partial charge is 0.255 e. The summed E-state index contributed by atoms with van der Waals surface area (Å²) >= 11 is 0. The second kappa shape index (κ2) is 8.84. The number of methoxy groups -OCH3 is 1. The van der Waals surface area contributed by atoms with Crippen LogP contribution in [0.4, 0.5) is 5.69 Å². The molecular formula is C21H28N2O5S. The zero-order chi connectivity index (χ0) is 21.8. The lowest BCUT2D eigenvalue weighted by Crippen LogP contribution is -2.40. The Morgan fingerprint density at radius 3 is 2.31 bits per heavy atom. The number of benzene rings is 2. The molecule has 0 bridgehead atoms. The summed E-state index contributed by atoms with van der Waals surface area (Å²) in [6.07, 6.45) is -0.0324. The van der Waals surface area contributed by atoms with E-state index in [9.17, 15) is 13.2 Å². The number of carbonyl (C=O) groups is 1. The van der Waals surface area contributed by atoms with Crippen LogP contribution in [-0.4, -0.2) is 33.1 Å². The first-order chi connectivity index (χ1) is 13.4. The number of ether oxygens (including phenoxy) is 2. The fraction of sp³-hybridized carbons (Fsp3) is 0.381. The molecule has 0 unspecified atom stereocenters. The van der Waals surface area contributed by atoms with Crippen LogP contribution in [0.1, 0.15) is 45.0 Å². The zero-order valence-electron chi connectivity index (χ0n) is 17.6. The van der Waals surface area contributed by atoms with Gasteiger partial charge in [-0.1, -0.05) is 6.07 Å². The van der Waals surface area contributed by atoms with Gasteiger partial charge in [-0.05, 0) is 71.0 Å². The topological polar surface area (TPSA) is 93.7 Å². The Morgan fingerprint density at radius 1 is 1.03 bits per heavy atom. The van der Waals surface area contributed by atoms with Crippen LogP contribution in [0.25, 0.3) is 0 Å². The van der Waals surface area contributed by atoms with Crippen molar-refractivity contribution in [2.45, 2.75) is 51.2 Å². The number of amides is 1. The zero-order valence-corrected chi connectivity index (χ0v) is 18.4. The number of rotatable bonds is 7. The number of sulfonamides is 1. The highest BCUT2D eigenvalue weighted by Crippen LogP contribution is 2.29. The summed E-state index contributed by atoms with van der Waals surface area (Å²) in [5.74, 6) is 0.593. The molecule has 0 aliphatic rings. The second-order valence-electron chi connectivity index (χ2n) is 7.87. The van der Waals surface area contributed by atoms with Gasteiger partial charge < -0.3 is 14.8 Å². The molecule has 0 heterocycles. The summed E-state index contributed by atoms with van der Waals surface area (Å²) in [6, 6.07) is 11.0. The lowest BCUT2D eigenvalue weighted by atomic mass is 10.1. The molecule has 0 saturated heterocycles. The maximum Gasteiger partial charge on any atom is 0.255 e. The maximum atomic E-state index is 12.6. The van der Waals surface area contributed by atoms with E-state index in [1.165, 1.54) is 19.2 Å². The van der Waals surface area contributed by atoms with E-state index in [1.54, 1.807) is 51.1 Å². The van der Waals surface area contributed by atoms with E-state index in [-0.39, 0.29) is 11.0 Å². The highest BCUT2D eigenvalue weighted by Gasteiger charge is 2.22. The Kier molecular flexibility index (Phi) is 6.92. The number of carbonyl (C=O) groups excluding carboxylic acids is 1. The van der Waals surface area contributed by atoms with Crippen molar-refractivity contribution in [3.63, 3.8) is 0 Å². The highest BCUT2D eigenvalue weighted by molar-refractivity contribution is 7.89. The average molecular weight is 421 g/mol. The predicted molar refractivity (Wildman–Crippen MR) is 113 cm³/mol. The third-order valence-electron chi connectivity index (χ3n) is 3.63. The molecule has 7 nitrogen and oxygen atoms in total. The molecule has 0 saturated carbocycles. The standard InChI is InChI=1S/C21H28N2O5S/c1-14(2)28-18-11-10-15(12-19(18)27-6)20(24)22-16-8-7-9-17(13-16)29(25,26)23-21(3,4)5/h7-14,23H,1-6H3,(H,22,24). The van der Waals surface area contributed by atoms with E-state index >= 15 is 0 Å². The van der Waals surface area contributed by atoms with Crippen LogP contribution in [0.3, 0.4) is 0 Å². The third-order valence-corrected chi connectivity index (χ3v) is 5.39. The largest absolute Gasteiger partial charge is 0.493 e. The van der Waals surface area contributed by atoms with Crippen LogP contribution in [0.5, 0.6) is 11.5 Å². The molecule has 2 aromatic rings. The van der Waals surface area contributed by atoms with Gasteiger partial charge in [-0.15, -0.1) is 0 Å². The second-order valence-corrected chi connectivity index (χ2v) is 9.55. The lowest BCUT2D eigenvalue weighted by Gasteiger charge is -2.20. The summed E-state index contributed by atoms with van der Waals surface area (Å²) in [5.41, 5.74) is 0.112. The number of nitrogens with one attached hydrogen (secondary N) is 2.